The number of piperazine rings is 1. The van der Waals surface area contributed by atoms with Crippen LogP contribution in [0.4, 0.5) is 9.93 Å². The summed E-state index contributed by atoms with van der Waals surface area (Å²) < 4.78 is 0. The van der Waals surface area contributed by atoms with Crippen LogP contribution in [0.2, 0.25) is 0 Å². The van der Waals surface area contributed by atoms with Crippen LogP contribution < -0.4 is 10.2 Å². The van der Waals surface area contributed by atoms with Crippen LogP contribution in [0.1, 0.15) is 17.5 Å². The zero-order chi connectivity index (χ0) is 15.4. The number of nitrogens with zero attached hydrogens (tertiary/aromatic N) is 3. The summed E-state index contributed by atoms with van der Waals surface area (Å²) >= 11 is 3.51. The number of aromatic nitrogens is 1. The van der Waals surface area contributed by atoms with Crippen molar-refractivity contribution >= 4 is 34.3 Å². The molecule has 21 heavy (non-hydrogen) atoms. The lowest BCUT2D eigenvalue weighted by Gasteiger charge is -2.34. The highest BCUT2D eigenvalue weighted by Gasteiger charge is 2.23. The molecule has 1 saturated heterocycles. The molecule has 1 aromatic heterocycles. The first kappa shape index (κ1) is 16.4. The Morgan fingerprint density at radius 3 is 2.57 bits per heavy atom. The van der Waals surface area contributed by atoms with Gasteiger partial charge in [0, 0.05) is 42.9 Å². The number of carbonyl (C=O) groups is 1. The average molecular weight is 329 g/mol. The number of anilines is 1. The number of aryl methyl sites for hydroxylation is 2. The second-order valence-corrected chi connectivity index (χ2v) is 7.80. The lowest BCUT2D eigenvalue weighted by atomic mass is 10.3. The van der Waals surface area contributed by atoms with Crippen molar-refractivity contribution in [3.63, 3.8) is 0 Å². The van der Waals surface area contributed by atoms with Gasteiger partial charge in [-0.1, -0.05) is 6.92 Å². The molecule has 5 nitrogen and oxygen atoms in total. The highest BCUT2D eigenvalue weighted by atomic mass is 32.2. The van der Waals surface area contributed by atoms with E-state index in [1.807, 2.05) is 11.8 Å². The van der Waals surface area contributed by atoms with E-state index in [-0.39, 0.29) is 6.03 Å². The quantitative estimate of drug-likeness (QED) is 0.922. The molecule has 1 N–H and O–H groups in total. The van der Waals surface area contributed by atoms with Gasteiger partial charge in [0.05, 0.1) is 5.69 Å². The topological polar surface area (TPSA) is 48.5 Å². The largest absolute Gasteiger partial charge is 0.345 e. The monoisotopic (exact) mass is 328 g/mol. The van der Waals surface area contributed by atoms with Gasteiger partial charge in [-0.25, -0.2) is 9.78 Å². The van der Waals surface area contributed by atoms with Crippen LogP contribution in [0, 0.1) is 13.8 Å². The fraction of sp³-hybridized carbons (Fsp3) is 0.714. The number of rotatable bonds is 4. The lowest BCUT2D eigenvalue weighted by molar-refractivity contribution is 0.194. The molecule has 0 saturated carbocycles. The molecule has 2 heterocycles. The fourth-order valence-corrected chi connectivity index (χ4v) is 3.33. The molecule has 0 radical (unpaired) electrons. The molecule has 1 aromatic rings. The molecule has 0 bridgehead atoms. The SMILES string of the molecule is CS[C@@H](C)CNC(=O)N1CCN(c2nc(C)c(C)s2)CC1. The number of hydrogen-bond donors (Lipinski definition) is 1. The summed E-state index contributed by atoms with van der Waals surface area (Å²) in [5.74, 6) is 0. The Morgan fingerprint density at radius 1 is 1.38 bits per heavy atom. The Kier molecular flexibility index (Phi) is 5.75. The van der Waals surface area contributed by atoms with Gasteiger partial charge in [-0.15, -0.1) is 11.3 Å². The number of urea groups is 1. The van der Waals surface area contributed by atoms with Crippen LogP contribution in [0.15, 0.2) is 0 Å². The van der Waals surface area contributed by atoms with E-state index in [4.69, 9.17) is 0 Å². The highest BCUT2D eigenvalue weighted by molar-refractivity contribution is 7.99. The van der Waals surface area contributed by atoms with Gasteiger partial charge >= 0.3 is 6.03 Å². The normalized spacial score (nSPS) is 17.0. The second-order valence-electron chi connectivity index (χ2n) is 5.34. The third kappa shape index (κ3) is 4.26. The van der Waals surface area contributed by atoms with Crippen molar-refractivity contribution in [2.75, 3.05) is 43.9 Å². The van der Waals surface area contributed by atoms with Crippen molar-refractivity contribution < 1.29 is 4.79 Å². The van der Waals surface area contributed by atoms with Crippen LogP contribution in [0.5, 0.6) is 0 Å². The van der Waals surface area contributed by atoms with Crippen molar-refractivity contribution in [2.45, 2.75) is 26.0 Å². The Balaban J connectivity index is 1.81. The molecular formula is C14H24N4OS2. The summed E-state index contributed by atoms with van der Waals surface area (Å²) in [4.78, 5) is 22.1. The van der Waals surface area contributed by atoms with E-state index in [1.165, 1.54) is 4.88 Å². The van der Waals surface area contributed by atoms with E-state index in [2.05, 4.69) is 35.3 Å². The number of carbonyl (C=O) groups excluding carboxylic acids is 1. The third-order valence-corrected chi connectivity index (χ3v) is 5.90. The molecule has 1 fully saturated rings. The first-order valence-electron chi connectivity index (χ1n) is 7.25. The molecule has 0 aromatic carbocycles. The molecule has 2 rings (SSSR count). The first-order chi connectivity index (χ1) is 10.0. The predicted molar refractivity (Wildman–Crippen MR) is 91.7 cm³/mol. The van der Waals surface area contributed by atoms with Crippen LogP contribution in [-0.4, -0.2) is 60.1 Å². The minimum Gasteiger partial charge on any atom is -0.345 e. The van der Waals surface area contributed by atoms with E-state index in [0.717, 1.165) is 43.5 Å². The zero-order valence-electron chi connectivity index (χ0n) is 13.2. The van der Waals surface area contributed by atoms with E-state index < -0.39 is 0 Å². The standard InChI is InChI=1S/C14H24N4OS2/c1-10(20-4)9-15-13(19)17-5-7-18(8-6-17)14-16-11(2)12(3)21-14/h10H,5-9H2,1-4H3,(H,15,19)/t10-/m0/s1. The van der Waals surface area contributed by atoms with Crippen LogP contribution in [-0.2, 0) is 0 Å². The van der Waals surface area contributed by atoms with E-state index in [0.29, 0.717) is 5.25 Å². The van der Waals surface area contributed by atoms with Crippen LogP contribution in [0.25, 0.3) is 0 Å². The molecule has 0 aliphatic carbocycles. The number of amides is 2. The Bertz CT molecular complexity index is 464. The molecular weight excluding hydrogens is 304 g/mol. The average Bonchev–Trinajstić information content (AvgIpc) is 2.84. The lowest BCUT2D eigenvalue weighted by Crippen LogP contribution is -2.52. The smallest absolute Gasteiger partial charge is 0.317 e. The summed E-state index contributed by atoms with van der Waals surface area (Å²) in [5.41, 5.74) is 1.11. The van der Waals surface area contributed by atoms with E-state index in [9.17, 15) is 4.79 Å². The van der Waals surface area contributed by atoms with E-state index >= 15 is 0 Å². The van der Waals surface area contributed by atoms with Crippen LogP contribution in [0.3, 0.4) is 0 Å². The molecule has 7 heteroatoms. The molecule has 2 amide bonds. The minimum atomic E-state index is 0.0575. The molecule has 1 aliphatic rings. The van der Waals surface area contributed by atoms with Crippen molar-refractivity contribution in [3.8, 4) is 0 Å². The summed E-state index contributed by atoms with van der Waals surface area (Å²) in [6, 6.07) is 0.0575. The molecule has 0 unspecified atom stereocenters. The van der Waals surface area contributed by atoms with Gasteiger partial charge in [0.15, 0.2) is 5.13 Å². The molecule has 0 spiro atoms. The highest BCUT2D eigenvalue weighted by Crippen LogP contribution is 2.25. The van der Waals surface area contributed by atoms with Gasteiger partial charge in [-0.05, 0) is 20.1 Å². The molecule has 118 valence electrons. The maximum Gasteiger partial charge on any atom is 0.317 e. The number of nitrogens with one attached hydrogen (secondary N) is 1. The molecule has 1 atom stereocenters. The van der Waals surface area contributed by atoms with Crippen molar-refractivity contribution in [3.05, 3.63) is 10.6 Å². The van der Waals surface area contributed by atoms with Gasteiger partial charge in [0.2, 0.25) is 0 Å². The maximum absolute atomic E-state index is 12.1. The van der Waals surface area contributed by atoms with E-state index in [1.54, 1.807) is 23.1 Å². The second kappa shape index (κ2) is 7.35. The zero-order valence-corrected chi connectivity index (χ0v) is 14.8. The Labute approximate surface area is 135 Å². The summed E-state index contributed by atoms with van der Waals surface area (Å²) in [6.07, 6.45) is 2.06. The Morgan fingerprint density at radius 2 is 2.05 bits per heavy atom. The van der Waals surface area contributed by atoms with Crippen molar-refractivity contribution in [1.29, 1.82) is 0 Å². The first-order valence-corrected chi connectivity index (χ1v) is 9.36. The number of thioether (sulfide) groups is 1. The van der Waals surface area contributed by atoms with Crippen molar-refractivity contribution in [1.82, 2.24) is 15.2 Å². The summed E-state index contributed by atoms with van der Waals surface area (Å²) in [5, 5.41) is 4.54. The number of thiazole rings is 1. The number of hydrogen-bond acceptors (Lipinski definition) is 5. The molecule has 1 aliphatic heterocycles. The maximum atomic E-state index is 12.1. The van der Waals surface area contributed by atoms with Gasteiger partial charge in [-0.2, -0.15) is 11.8 Å². The predicted octanol–water partition coefficient (Wildman–Crippen LogP) is 2.34. The Hall–Kier alpha value is -0.950. The van der Waals surface area contributed by atoms with Gasteiger partial charge in [0.1, 0.15) is 0 Å². The van der Waals surface area contributed by atoms with Gasteiger partial charge in [-0.3, -0.25) is 0 Å². The van der Waals surface area contributed by atoms with Gasteiger partial charge in [0.25, 0.3) is 0 Å². The van der Waals surface area contributed by atoms with Crippen LogP contribution >= 0.6 is 23.1 Å². The fourth-order valence-electron chi connectivity index (χ4n) is 2.12. The third-order valence-electron chi connectivity index (χ3n) is 3.80. The summed E-state index contributed by atoms with van der Waals surface area (Å²) in [7, 11) is 0. The minimum absolute atomic E-state index is 0.0575. The van der Waals surface area contributed by atoms with Crippen molar-refractivity contribution in [2.24, 2.45) is 0 Å². The van der Waals surface area contributed by atoms with Gasteiger partial charge < -0.3 is 15.1 Å². The summed E-state index contributed by atoms with van der Waals surface area (Å²) in [6.45, 7) is 10.2.